The van der Waals surface area contributed by atoms with Crippen LogP contribution < -0.4 is 0 Å². The molecule has 0 saturated heterocycles. The first-order valence-corrected chi connectivity index (χ1v) is 10.5. The van der Waals surface area contributed by atoms with Crippen molar-refractivity contribution in [1.29, 1.82) is 0 Å². The second kappa shape index (κ2) is 8.52. The van der Waals surface area contributed by atoms with E-state index in [2.05, 4.69) is 25.3 Å². The molecular formula is C19H16Cl2N6OS. The summed E-state index contributed by atoms with van der Waals surface area (Å²) in [7, 11) is 0. The van der Waals surface area contributed by atoms with Gasteiger partial charge in [-0.2, -0.15) is 4.98 Å². The summed E-state index contributed by atoms with van der Waals surface area (Å²) in [4.78, 5) is 8.60. The molecule has 29 heavy (non-hydrogen) atoms. The third-order valence-corrected chi connectivity index (χ3v) is 5.91. The lowest BCUT2D eigenvalue weighted by atomic mass is 10.2. The normalized spacial score (nSPS) is 12.3. The number of hydrogen-bond donors (Lipinski definition) is 0. The number of pyridine rings is 1. The fraction of sp³-hybridized carbons (Fsp3) is 0.211. The van der Waals surface area contributed by atoms with Crippen LogP contribution in [0.3, 0.4) is 0 Å². The third kappa shape index (κ3) is 4.14. The first kappa shape index (κ1) is 19.9. The molecule has 3 heterocycles. The lowest BCUT2D eigenvalue weighted by molar-refractivity contribution is 0.375. The van der Waals surface area contributed by atoms with E-state index in [0.29, 0.717) is 39.2 Å². The Labute approximate surface area is 181 Å². The van der Waals surface area contributed by atoms with Gasteiger partial charge in [0, 0.05) is 24.4 Å². The van der Waals surface area contributed by atoms with Crippen LogP contribution >= 0.6 is 35.0 Å². The highest BCUT2D eigenvalue weighted by molar-refractivity contribution is 7.99. The van der Waals surface area contributed by atoms with Gasteiger partial charge in [0.15, 0.2) is 16.8 Å². The number of rotatable bonds is 6. The maximum atomic E-state index is 6.26. The molecule has 1 unspecified atom stereocenters. The van der Waals surface area contributed by atoms with E-state index in [1.165, 1.54) is 11.8 Å². The summed E-state index contributed by atoms with van der Waals surface area (Å²) < 4.78 is 7.29. The van der Waals surface area contributed by atoms with Crippen molar-refractivity contribution >= 4 is 35.0 Å². The van der Waals surface area contributed by atoms with E-state index in [1.807, 2.05) is 36.6 Å². The van der Waals surface area contributed by atoms with Crippen LogP contribution in [0.25, 0.3) is 17.1 Å². The quantitative estimate of drug-likeness (QED) is 0.364. The van der Waals surface area contributed by atoms with Gasteiger partial charge >= 0.3 is 0 Å². The van der Waals surface area contributed by atoms with E-state index in [-0.39, 0.29) is 5.25 Å². The number of benzene rings is 1. The molecule has 0 aliphatic rings. The zero-order valence-electron chi connectivity index (χ0n) is 15.6. The molecule has 0 spiro atoms. The second-order valence-corrected chi connectivity index (χ2v) is 8.27. The maximum Gasteiger partial charge on any atom is 0.239 e. The Balaban J connectivity index is 1.77. The minimum Gasteiger partial charge on any atom is -0.338 e. The van der Waals surface area contributed by atoms with Gasteiger partial charge in [-0.15, -0.1) is 10.2 Å². The Morgan fingerprint density at radius 2 is 2.03 bits per heavy atom. The van der Waals surface area contributed by atoms with Crippen molar-refractivity contribution in [1.82, 2.24) is 29.9 Å². The molecule has 0 amide bonds. The SMILES string of the molecule is CCc1noc(C(C)Sc2nnc(-c3cccnc3)n2-c2ccc(Cl)c(Cl)c2)n1. The van der Waals surface area contributed by atoms with Crippen molar-refractivity contribution in [3.63, 3.8) is 0 Å². The van der Waals surface area contributed by atoms with Gasteiger partial charge in [-0.25, -0.2) is 0 Å². The number of aromatic nitrogens is 6. The van der Waals surface area contributed by atoms with Gasteiger partial charge in [0.05, 0.1) is 21.0 Å². The van der Waals surface area contributed by atoms with E-state index in [9.17, 15) is 0 Å². The van der Waals surface area contributed by atoms with Gasteiger partial charge in [-0.1, -0.05) is 47.0 Å². The van der Waals surface area contributed by atoms with Gasteiger partial charge in [0.25, 0.3) is 0 Å². The van der Waals surface area contributed by atoms with E-state index in [4.69, 9.17) is 27.7 Å². The molecule has 10 heteroatoms. The van der Waals surface area contributed by atoms with Gasteiger partial charge in [0.1, 0.15) is 0 Å². The molecule has 1 atom stereocenters. The van der Waals surface area contributed by atoms with Crippen LogP contribution in [0, 0.1) is 0 Å². The van der Waals surface area contributed by atoms with Crippen molar-refractivity contribution in [2.24, 2.45) is 0 Å². The fourth-order valence-corrected chi connectivity index (χ4v) is 3.86. The van der Waals surface area contributed by atoms with Crippen LogP contribution in [-0.2, 0) is 6.42 Å². The van der Waals surface area contributed by atoms with Crippen LogP contribution in [0.2, 0.25) is 10.0 Å². The Hall–Kier alpha value is -2.42. The van der Waals surface area contributed by atoms with Crippen molar-refractivity contribution in [2.45, 2.75) is 30.7 Å². The van der Waals surface area contributed by atoms with Crippen molar-refractivity contribution in [3.8, 4) is 17.1 Å². The summed E-state index contributed by atoms with van der Waals surface area (Å²) in [5, 5.41) is 14.2. The molecule has 0 aliphatic heterocycles. The molecule has 7 nitrogen and oxygen atoms in total. The highest BCUT2D eigenvalue weighted by Crippen LogP contribution is 2.37. The lowest BCUT2D eigenvalue weighted by Gasteiger charge is -2.12. The second-order valence-electron chi connectivity index (χ2n) is 6.14. The van der Waals surface area contributed by atoms with Crippen LogP contribution in [-0.4, -0.2) is 29.9 Å². The van der Waals surface area contributed by atoms with E-state index >= 15 is 0 Å². The molecule has 0 N–H and O–H groups in total. The van der Waals surface area contributed by atoms with Gasteiger partial charge < -0.3 is 4.52 Å². The number of halogens is 2. The largest absolute Gasteiger partial charge is 0.338 e. The van der Waals surface area contributed by atoms with Crippen LogP contribution in [0.1, 0.15) is 30.8 Å². The predicted molar refractivity (Wildman–Crippen MR) is 113 cm³/mol. The topological polar surface area (TPSA) is 82.5 Å². The van der Waals surface area contributed by atoms with Crippen molar-refractivity contribution in [3.05, 3.63) is 64.5 Å². The minimum absolute atomic E-state index is 0.115. The molecule has 3 aromatic heterocycles. The predicted octanol–water partition coefficient (Wildman–Crippen LogP) is 5.43. The van der Waals surface area contributed by atoms with Crippen LogP contribution in [0.15, 0.2) is 52.4 Å². The Kier molecular flexibility index (Phi) is 5.84. The Morgan fingerprint density at radius 3 is 2.72 bits per heavy atom. The van der Waals surface area contributed by atoms with Crippen molar-refractivity contribution < 1.29 is 4.52 Å². The zero-order valence-corrected chi connectivity index (χ0v) is 17.9. The molecule has 148 valence electrons. The summed E-state index contributed by atoms with van der Waals surface area (Å²) >= 11 is 13.8. The Bertz CT molecular complexity index is 1130. The summed E-state index contributed by atoms with van der Waals surface area (Å²) in [6.45, 7) is 3.96. The lowest BCUT2D eigenvalue weighted by Crippen LogP contribution is -2.01. The Morgan fingerprint density at radius 1 is 1.17 bits per heavy atom. The van der Waals surface area contributed by atoms with E-state index < -0.39 is 0 Å². The summed E-state index contributed by atoms with van der Waals surface area (Å²) in [6, 6.07) is 9.17. The zero-order chi connectivity index (χ0) is 20.4. The van der Waals surface area contributed by atoms with E-state index in [1.54, 1.807) is 24.5 Å². The average Bonchev–Trinajstić information content (AvgIpc) is 3.38. The first-order valence-electron chi connectivity index (χ1n) is 8.87. The molecule has 4 rings (SSSR count). The smallest absolute Gasteiger partial charge is 0.239 e. The third-order valence-electron chi connectivity index (χ3n) is 4.14. The molecule has 0 bridgehead atoms. The fourth-order valence-electron chi connectivity index (χ4n) is 2.67. The molecule has 0 aliphatic carbocycles. The molecular weight excluding hydrogens is 431 g/mol. The van der Waals surface area contributed by atoms with Gasteiger partial charge in [0.2, 0.25) is 5.89 Å². The number of aryl methyl sites for hydroxylation is 1. The molecule has 0 fully saturated rings. The van der Waals surface area contributed by atoms with Crippen LogP contribution in [0.5, 0.6) is 0 Å². The molecule has 0 saturated carbocycles. The first-order chi connectivity index (χ1) is 14.1. The van der Waals surface area contributed by atoms with E-state index in [0.717, 1.165) is 11.3 Å². The van der Waals surface area contributed by atoms with Crippen LogP contribution in [0.4, 0.5) is 0 Å². The number of thioether (sulfide) groups is 1. The molecule has 4 aromatic rings. The monoisotopic (exact) mass is 446 g/mol. The highest BCUT2D eigenvalue weighted by atomic mass is 35.5. The maximum absolute atomic E-state index is 6.26. The number of nitrogens with zero attached hydrogens (tertiary/aromatic N) is 6. The highest BCUT2D eigenvalue weighted by Gasteiger charge is 2.22. The van der Waals surface area contributed by atoms with Crippen molar-refractivity contribution in [2.75, 3.05) is 0 Å². The van der Waals surface area contributed by atoms with Gasteiger partial charge in [-0.05, 0) is 37.3 Å². The molecule has 1 aromatic carbocycles. The average molecular weight is 447 g/mol. The standard InChI is InChI=1S/C19H16Cl2N6OS/c1-3-16-23-18(28-26-16)11(2)29-19-25-24-17(12-5-4-8-22-10-12)27(19)13-6-7-14(20)15(21)9-13/h4-11H,3H2,1-2H3. The molecule has 0 radical (unpaired) electrons. The number of hydrogen-bond acceptors (Lipinski definition) is 7. The summed E-state index contributed by atoms with van der Waals surface area (Å²) in [5.74, 6) is 1.86. The summed E-state index contributed by atoms with van der Waals surface area (Å²) in [6.07, 6.45) is 4.16. The van der Waals surface area contributed by atoms with Gasteiger partial charge in [-0.3, -0.25) is 9.55 Å². The minimum atomic E-state index is -0.115. The summed E-state index contributed by atoms with van der Waals surface area (Å²) in [5.41, 5.74) is 1.62.